The quantitative estimate of drug-likeness (QED) is 0.811. The summed E-state index contributed by atoms with van der Waals surface area (Å²) in [4.78, 5) is 47.3. The van der Waals surface area contributed by atoms with Gasteiger partial charge in [0.05, 0.1) is 10.9 Å². The van der Waals surface area contributed by atoms with E-state index in [4.69, 9.17) is 0 Å². The van der Waals surface area contributed by atoms with Gasteiger partial charge >= 0.3 is 5.69 Å². The third-order valence-electron chi connectivity index (χ3n) is 6.95. The van der Waals surface area contributed by atoms with Gasteiger partial charge in [0.25, 0.3) is 11.5 Å². The Morgan fingerprint density at radius 1 is 1.24 bits per heavy atom. The number of amides is 1. The Kier molecular flexibility index (Phi) is 4.34. The van der Waals surface area contributed by atoms with Crippen LogP contribution in [0.5, 0.6) is 0 Å². The normalized spacial score (nSPS) is 21.2. The molecule has 2 saturated heterocycles. The Hall–Kier alpha value is -2.48. The maximum atomic E-state index is 13.5. The Morgan fingerprint density at radius 2 is 2.00 bits per heavy atom. The minimum absolute atomic E-state index is 0.119. The fraction of sp³-hybridized carbons (Fsp3) is 0.619. The van der Waals surface area contributed by atoms with Crippen molar-refractivity contribution in [2.24, 2.45) is 5.41 Å². The second kappa shape index (κ2) is 6.79. The van der Waals surface area contributed by atoms with Gasteiger partial charge in [0, 0.05) is 37.8 Å². The number of aromatic amines is 1. The first kappa shape index (κ1) is 18.5. The smallest absolute Gasteiger partial charge is 0.329 e. The van der Waals surface area contributed by atoms with Gasteiger partial charge < -0.3 is 10.2 Å². The summed E-state index contributed by atoms with van der Waals surface area (Å²) in [7, 11) is 0. The number of piperidine rings is 1. The SMILES string of the molecule is CCn1c(=O)[nH]c(=O)c2c(C(=O)N3CCC4(CCNC4)CC3)cc(C3CC3)nc21. The summed E-state index contributed by atoms with van der Waals surface area (Å²) < 4.78 is 1.45. The molecule has 1 spiro atoms. The number of carbonyl (C=O) groups excluding carboxylic acids is 1. The van der Waals surface area contributed by atoms with Crippen LogP contribution in [0.25, 0.3) is 11.0 Å². The van der Waals surface area contributed by atoms with Crippen molar-refractivity contribution in [3.63, 3.8) is 0 Å². The molecular formula is C21H27N5O3. The molecule has 2 N–H and O–H groups in total. The van der Waals surface area contributed by atoms with Crippen molar-refractivity contribution in [2.75, 3.05) is 26.2 Å². The van der Waals surface area contributed by atoms with E-state index in [0.717, 1.165) is 44.5 Å². The highest BCUT2D eigenvalue weighted by Crippen LogP contribution is 2.41. The number of aryl methyl sites for hydroxylation is 1. The molecule has 1 saturated carbocycles. The molecule has 5 rings (SSSR count). The number of carbonyl (C=O) groups is 1. The number of likely N-dealkylation sites (tertiary alicyclic amines) is 1. The van der Waals surface area contributed by atoms with Crippen molar-refractivity contribution in [2.45, 2.75) is 51.5 Å². The Bertz CT molecular complexity index is 1080. The number of nitrogens with one attached hydrogen (secondary N) is 2. The van der Waals surface area contributed by atoms with E-state index in [0.29, 0.717) is 42.2 Å². The number of fused-ring (bicyclic) bond motifs is 1. The molecule has 154 valence electrons. The molecule has 8 nitrogen and oxygen atoms in total. The van der Waals surface area contributed by atoms with Crippen molar-refractivity contribution < 1.29 is 4.79 Å². The second-order valence-corrected chi connectivity index (χ2v) is 8.79. The van der Waals surface area contributed by atoms with Crippen LogP contribution < -0.4 is 16.6 Å². The van der Waals surface area contributed by atoms with Crippen LogP contribution in [0.1, 0.15) is 61.0 Å². The molecular weight excluding hydrogens is 370 g/mol. The van der Waals surface area contributed by atoms with Gasteiger partial charge in [-0.1, -0.05) is 0 Å². The monoisotopic (exact) mass is 397 g/mol. The maximum absolute atomic E-state index is 13.5. The van der Waals surface area contributed by atoms with Crippen LogP contribution in [0.15, 0.2) is 15.7 Å². The summed E-state index contributed by atoms with van der Waals surface area (Å²) >= 11 is 0. The van der Waals surface area contributed by atoms with Gasteiger partial charge in [0.1, 0.15) is 0 Å². The van der Waals surface area contributed by atoms with Gasteiger partial charge in [-0.2, -0.15) is 0 Å². The van der Waals surface area contributed by atoms with Crippen molar-refractivity contribution in [1.82, 2.24) is 24.8 Å². The maximum Gasteiger partial charge on any atom is 0.329 e. The van der Waals surface area contributed by atoms with E-state index >= 15 is 0 Å². The van der Waals surface area contributed by atoms with Crippen LogP contribution in [0, 0.1) is 5.41 Å². The first-order chi connectivity index (χ1) is 14.0. The Morgan fingerprint density at radius 3 is 2.62 bits per heavy atom. The van der Waals surface area contributed by atoms with Crippen molar-refractivity contribution >= 4 is 16.9 Å². The van der Waals surface area contributed by atoms with E-state index in [1.807, 2.05) is 11.8 Å². The summed E-state index contributed by atoms with van der Waals surface area (Å²) in [5.74, 6) is 0.201. The van der Waals surface area contributed by atoms with Gasteiger partial charge in [-0.05, 0) is 57.1 Å². The number of hydrogen-bond acceptors (Lipinski definition) is 5. The zero-order valence-electron chi connectivity index (χ0n) is 16.8. The summed E-state index contributed by atoms with van der Waals surface area (Å²) in [6, 6.07) is 1.80. The molecule has 2 aromatic heterocycles. The van der Waals surface area contributed by atoms with Crippen LogP contribution in [0.2, 0.25) is 0 Å². The molecule has 2 aromatic rings. The van der Waals surface area contributed by atoms with Crippen molar-refractivity contribution in [3.8, 4) is 0 Å². The van der Waals surface area contributed by atoms with E-state index in [1.165, 1.54) is 11.0 Å². The van der Waals surface area contributed by atoms with Crippen LogP contribution in [0.3, 0.4) is 0 Å². The standard InChI is InChI=1S/C21H27N5O3/c1-2-26-17-16(18(27)24-20(26)29)14(11-15(23-17)13-3-4-13)19(28)25-9-6-21(7-10-25)5-8-22-12-21/h11,13,22H,2-10,12H2,1H3,(H,24,27,29). The summed E-state index contributed by atoms with van der Waals surface area (Å²) in [5, 5.41) is 3.68. The molecule has 1 amide bonds. The van der Waals surface area contributed by atoms with Crippen LogP contribution >= 0.6 is 0 Å². The lowest BCUT2D eigenvalue weighted by Gasteiger charge is -2.39. The molecule has 8 heteroatoms. The molecule has 0 radical (unpaired) electrons. The fourth-order valence-corrected chi connectivity index (χ4v) is 4.92. The largest absolute Gasteiger partial charge is 0.339 e. The highest BCUT2D eigenvalue weighted by molar-refractivity contribution is 6.05. The molecule has 0 bridgehead atoms. The minimum atomic E-state index is -0.527. The van der Waals surface area contributed by atoms with Crippen molar-refractivity contribution in [3.05, 3.63) is 38.2 Å². The van der Waals surface area contributed by atoms with E-state index in [-0.39, 0.29) is 11.3 Å². The average molecular weight is 397 g/mol. The highest BCUT2D eigenvalue weighted by atomic mass is 16.2. The molecule has 4 heterocycles. The molecule has 3 aliphatic rings. The molecule has 0 atom stereocenters. The fourth-order valence-electron chi connectivity index (χ4n) is 4.92. The van der Waals surface area contributed by atoms with Crippen molar-refractivity contribution in [1.29, 1.82) is 0 Å². The first-order valence-corrected chi connectivity index (χ1v) is 10.7. The number of H-pyrrole nitrogens is 1. The third kappa shape index (κ3) is 3.10. The molecule has 29 heavy (non-hydrogen) atoms. The topological polar surface area (TPSA) is 100 Å². The lowest BCUT2D eigenvalue weighted by Crippen LogP contribution is -2.44. The van der Waals surface area contributed by atoms with Gasteiger partial charge in [-0.25, -0.2) is 9.78 Å². The summed E-state index contributed by atoms with van der Waals surface area (Å²) in [6.45, 7) is 5.72. The minimum Gasteiger partial charge on any atom is -0.339 e. The van der Waals surface area contributed by atoms with Gasteiger partial charge in [-0.15, -0.1) is 0 Å². The second-order valence-electron chi connectivity index (χ2n) is 8.79. The van der Waals surface area contributed by atoms with E-state index in [1.54, 1.807) is 6.07 Å². The predicted octanol–water partition coefficient (Wildman–Crippen LogP) is 1.20. The number of rotatable bonds is 3. The number of nitrogens with zero attached hydrogens (tertiary/aromatic N) is 3. The zero-order chi connectivity index (χ0) is 20.2. The zero-order valence-corrected chi connectivity index (χ0v) is 16.8. The molecule has 0 aromatic carbocycles. The number of aromatic nitrogens is 3. The van der Waals surface area contributed by atoms with Crippen LogP contribution in [-0.4, -0.2) is 51.5 Å². The molecule has 3 fully saturated rings. The number of hydrogen-bond donors (Lipinski definition) is 2. The Balaban J connectivity index is 1.57. The van der Waals surface area contributed by atoms with E-state index in [9.17, 15) is 14.4 Å². The van der Waals surface area contributed by atoms with E-state index in [2.05, 4.69) is 15.3 Å². The van der Waals surface area contributed by atoms with Crippen LogP contribution in [0.4, 0.5) is 0 Å². The van der Waals surface area contributed by atoms with E-state index < -0.39 is 11.2 Å². The Labute approximate surface area is 168 Å². The average Bonchev–Trinajstić information content (AvgIpc) is 3.48. The third-order valence-corrected chi connectivity index (χ3v) is 6.95. The predicted molar refractivity (Wildman–Crippen MR) is 109 cm³/mol. The lowest BCUT2D eigenvalue weighted by atomic mass is 9.77. The highest BCUT2D eigenvalue weighted by Gasteiger charge is 2.39. The first-order valence-electron chi connectivity index (χ1n) is 10.7. The van der Waals surface area contributed by atoms with Gasteiger partial charge in [0.15, 0.2) is 5.65 Å². The van der Waals surface area contributed by atoms with Crippen LogP contribution in [-0.2, 0) is 6.54 Å². The van der Waals surface area contributed by atoms with Gasteiger partial charge in [0.2, 0.25) is 0 Å². The molecule has 0 unspecified atom stereocenters. The van der Waals surface area contributed by atoms with Gasteiger partial charge in [-0.3, -0.25) is 19.1 Å². The summed E-state index contributed by atoms with van der Waals surface area (Å²) in [6.07, 6.45) is 5.21. The number of pyridine rings is 1. The lowest BCUT2D eigenvalue weighted by molar-refractivity contribution is 0.0609. The summed E-state index contributed by atoms with van der Waals surface area (Å²) in [5.41, 5.74) is 0.861. The molecule has 2 aliphatic heterocycles. The molecule has 1 aliphatic carbocycles.